The first-order valence-corrected chi connectivity index (χ1v) is 9.49. The standard InChI is InChI=1S/C21H22N2O3S/c1-13(2)14-8-10-15(11-9-14)22-20(24)17-12-27-21(23-17)16-6-5-7-18(25-3)19(16)26-4/h5-13H,1-4H3,(H,22,24). The molecule has 27 heavy (non-hydrogen) atoms. The van der Waals surface area contributed by atoms with Crippen LogP contribution in [0.15, 0.2) is 47.8 Å². The molecule has 1 amide bonds. The minimum Gasteiger partial charge on any atom is -0.493 e. The Labute approximate surface area is 163 Å². The first kappa shape index (κ1) is 18.9. The van der Waals surface area contributed by atoms with Gasteiger partial charge in [-0.3, -0.25) is 4.79 Å². The third-order valence-corrected chi connectivity index (χ3v) is 5.08. The van der Waals surface area contributed by atoms with Crippen LogP contribution >= 0.6 is 11.3 Å². The highest BCUT2D eigenvalue weighted by Gasteiger charge is 2.17. The highest BCUT2D eigenvalue weighted by atomic mass is 32.1. The van der Waals surface area contributed by atoms with Crippen molar-refractivity contribution >= 4 is 22.9 Å². The minimum atomic E-state index is -0.239. The summed E-state index contributed by atoms with van der Waals surface area (Å²) < 4.78 is 10.8. The summed E-state index contributed by atoms with van der Waals surface area (Å²) in [6.07, 6.45) is 0. The third kappa shape index (κ3) is 4.11. The Balaban J connectivity index is 1.80. The molecule has 0 unspecified atom stereocenters. The Morgan fingerprint density at radius 1 is 1.07 bits per heavy atom. The van der Waals surface area contributed by atoms with Gasteiger partial charge in [-0.15, -0.1) is 11.3 Å². The van der Waals surface area contributed by atoms with Crippen LogP contribution in [-0.2, 0) is 0 Å². The van der Waals surface area contributed by atoms with Gasteiger partial charge < -0.3 is 14.8 Å². The molecule has 2 aromatic carbocycles. The summed E-state index contributed by atoms with van der Waals surface area (Å²) in [5.74, 6) is 1.44. The fourth-order valence-electron chi connectivity index (χ4n) is 2.70. The van der Waals surface area contributed by atoms with Gasteiger partial charge in [-0.1, -0.05) is 32.0 Å². The van der Waals surface area contributed by atoms with E-state index in [0.717, 1.165) is 11.3 Å². The van der Waals surface area contributed by atoms with Crippen molar-refractivity contribution in [3.8, 4) is 22.1 Å². The second-order valence-corrected chi connectivity index (χ2v) is 7.17. The van der Waals surface area contributed by atoms with Gasteiger partial charge in [0.2, 0.25) is 0 Å². The molecule has 5 nitrogen and oxygen atoms in total. The average Bonchev–Trinajstić information content (AvgIpc) is 3.17. The van der Waals surface area contributed by atoms with Crippen molar-refractivity contribution in [1.82, 2.24) is 4.98 Å². The predicted octanol–water partition coefficient (Wildman–Crippen LogP) is 5.20. The van der Waals surface area contributed by atoms with E-state index in [1.807, 2.05) is 42.5 Å². The number of hydrogen-bond donors (Lipinski definition) is 1. The first-order valence-electron chi connectivity index (χ1n) is 8.61. The molecule has 0 bridgehead atoms. The largest absolute Gasteiger partial charge is 0.493 e. The maximum absolute atomic E-state index is 12.5. The minimum absolute atomic E-state index is 0.239. The molecule has 3 aromatic rings. The van der Waals surface area contributed by atoms with E-state index in [0.29, 0.717) is 28.1 Å². The maximum atomic E-state index is 12.5. The SMILES string of the molecule is COc1cccc(-c2nc(C(=O)Nc3ccc(C(C)C)cc3)cs2)c1OC. The predicted molar refractivity (Wildman–Crippen MR) is 109 cm³/mol. The van der Waals surface area contributed by atoms with Crippen molar-refractivity contribution in [3.05, 3.63) is 59.1 Å². The number of thiazole rings is 1. The molecule has 0 radical (unpaired) electrons. The van der Waals surface area contributed by atoms with Crippen LogP contribution in [0.4, 0.5) is 5.69 Å². The Kier molecular flexibility index (Phi) is 5.76. The Hall–Kier alpha value is -2.86. The lowest BCUT2D eigenvalue weighted by atomic mass is 10.0. The zero-order valence-corrected chi connectivity index (χ0v) is 16.6. The first-order chi connectivity index (χ1) is 13.0. The Morgan fingerprint density at radius 3 is 2.44 bits per heavy atom. The van der Waals surface area contributed by atoms with Crippen molar-refractivity contribution in [1.29, 1.82) is 0 Å². The van der Waals surface area contributed by atoms with Crippen molar-refractivity contribution in [2.75, 3.05) is 19.5 Å². The van der Waals surface area contributed by atoms with Gasteiger partial charge in [0.15, 0.2) is 11.5 Å². The van der Waals surface area contributed by atoms with Gasteiger partial charge in [0.25, 0.3) is 5.91 Å². The molecule has 0 fully saturated rings. The second kappa shape index (κ2) is 8.22. The number of carbonyl (C=O) groups excluding carboxylic acids is 1. The topological polar surface area (TPSA) is 60.5 Å². The van der Waals surface area contributed by atoms with Gasteiger partial charge >= 0.3 is 0 Å². The van der Waals surface area contributed by atoms with Crippen LogP contribution in [-0.4, -0.2) is 25.1 Å². The molecule has 0 spiro atoms. The number of carbonyl (C=O) groups is 1. The number of rotatable bonds is 6. The van der Waals surface area contributed by atoms with E-state index in [1.165, 1.54) is 16.9 Å². The maximum Gasteiger partial charge on any atom is 0.275 e. The molecule has 0 aliphatic heterocycles. The van der Waals surface area contributed by atoms with Crippen LogP contribution in [0, 0.1) is 0 Å². The molecule has 6 heteroatoms. The fourth-order valence-corrected chi connectivity index (χ4v) is 3.53. The number of ether oxygens (including phenoxy) is 2. The zero-order valence-electron chi connectivity index (χ0n) is 15.8. The van der Waals surface area contributed by atoms with E-state index in [4.69, 9.17) is 9.47 Å². The number of nitrogens with one attached hydrogen (secondary N) is 1. The monoisotopic (exact) mass is 382 g/mol. The number of para-hydroxylation sites is 1. The smallest absolute Gasteiger partial charge is 0.275 e. The van der Waals surface area contributed by atoms with Crippen molar-refractivity contribution in [3.63, 3.8) is 0 Å². The second-order valence-electron chi connectivity index (χ2n) is 6.31. The lowest BCUT2D eigenvalue weighted by Crippen LogP contribution is -2.12. The third-order valence-electron chi connectivity index (χ3n) is 4.21. The van der Waals surface area contributed by atoms with E-state index >= 15 is 0 Å². The van der Waals surface area contributed by atoms with Crippen LogP contribution < -0.4 is 14.8 Å². The highest BCUT2D eigenvalue weighted by Crippen LogP contribution is 2.39. The molecule has 0 aliphatic carbocycles. The molecule has 1 aromatic heterocycles. The summed E-state index contributed by atoms with van der Waals surface area (Å²) in [7, 11) is 3.18. The van der Waals surface area contributed by atoms with Crippen LogP contribution in [0.1, 0.15) is 35.8 Å². The summed E-state index contributed by atoms with van der Waals surface area (Å²) in [6, 6.07) is 13.4. The molecule has 1 heterocycles. The van der Waals surface area contributed by atoms with E-state index in [-0.39, 0.29) is 5.91 Å². The van der Waals surface area contributed by atoms with E-state index in [2.05, 4.69) is 24.1 Å². The van der Waals surface area contributed by atoms with Crippen LogP contribution in [0.25, 0.3) is 10.6 Å². The van der Waals surface area contributed by atoms with Crippen molar-refractivity contribution in [2.24, 2.45) is 0 Å². The van der Waals surface area contributed by atoms with Gasteiger partial charge in [0, 0.05) is 11.1 Å². The summed E-state index contributed by atoms with van der Waals surface area (Å²) in [6.45, 7) is 4.27. The summed E-state index contributed by atoms with van der Waals surface area (Å²) in [5, 5.41) is 5.33. The lowest BCUT2D eigenvalue weighted by Gasteiger charge is -2.10. The van der Waals surface area contributed by atoms with Crippen molar-refractivity contribution < 1.29 is 14.3 Å². The molecule has 140 valence electrons. The van der Waals surface area contributed by atoms with Gasteiger partial charge in [-0.25, -0.2) is 4.98 Å². The Morgan fingerprint density at radius 2 is 1.81 bits per heavy atom. The van der Waals surface area contributed by atoms with E-state index < -0.39 is 0 Å². The van der Waals surface area contributed by atoms with Gasteiger partial charge in [-0.2, -0.15) is 0 Å². The van der Waals surface area contributed by atoms with E-state index in [1.54, 1.807) is 19.6 Å². The molecule has 1 N–H and O–H groups in total. The van der Waals surface area contributed by atoms with Gasteiger partial charge in [-0.05, 0) is 35.7 Å². The zero-order chi connectivity index (χ0) is 19.4. The Bertz CT molecular complexity index is 933. The molecule has 0 atom stereocenters. The normalized spacial score (nSPS) is 10.7. The molecular weight excluding hydrogens is 360 g/mol. The summed E-state index contributed by atoms with van der Waals surface area (Å²) in [5.41, 5.74) is 3.14. The van der Waals surface area contributed by atoms with Crippen molar-refractivity contribution in [2.45, 2.75) is 19.8 Å². The highest BCUT2D eigenvalue weighted by molar-refractivity contribution is 7.13. The van der Waals surface area contributed by atoms with Crippen LogP contribution in [0.5, 0.6) is 11.5 Å². The molecule has 0 saturated heterocycles. The molecule has 0 saturated carbocycles. The number of nitrogens with zero attached hydrogens (tertiary/aromatic N) is 1. The lowest BCUT2D eigenvalue weighted by molar-refractivity contribution is 0.102. The van der Waals surface area contributed by atoms with E-state index in [9.17, 15) is 4.79 Å². The number of aromatic nitrogens is 1. The number of anilines is 1. The fraction of sp³-hybridized carbons (Fsp3) is 0.238. The van der Waals surface area contributed by atoms with Crippen LogP contribution in [0.2, 0.25) is 0 Å². The van der Waals surface area contributed by atoms with Gasteiger partial charge in [0.05, 0.1) is 19.8 Å². The number of amides is 1. The molecule has 3 rings (SSSR count). The summed E-state index contributed by atoms with van der Waals surface area (Å²) >= 11 is 1.39. The number of hydrogen-bond acceptors (Lipinski definition) is 5. The average molecular weight is 382 g/mol. The van der Waals surface area contributed by atoms with Gasteiger partial charge in [0.1, 0.15) is 10.7 Å². The number of benzene rings is 2. The molecule has 0 aliphatic rings. The quantitative estimate of drug-likeness (QED) is 0.636. The molecular formula is C21H22N2O3S. The van der Waals surface area contributed by atoms with Crippen LogP contribution in [0.3, 0.4) is 0 Å². The summed E-state index contributed by atoms with van der Waals surface area (Å²) in [4.78, 5) is 17.0. The number of methoxy groups -OCH3 is 2.